The van der Waals surface area contributed by atoms with Crippen molar-refractivity contribution in [3.8, 4) is 0 Å². The minimum absolute atomic E-state index is 0.0201. The highest BCUT2D eigenvalue weighted by molar-refractivity contribution is 7.86. The Balaban J connectivity index is 1.62. The van der Waals surface area contributed by atoms with Gasteiger partial charge in [-0.3, -0.25) is 9.08 Å². The summed E-state index contributed by atoms with van der Waals surface area (Å²) in [7, 11) is -3.95. The molecule has 1 heterocycles. The molecule has 0 aromatic heterocycles. The third kappa shape index (κ3) is 5.41. The Bertz CT molecular complexity index is 901. The van der Waals surface area contributed by atoms with E-state index in [4.69, 9.17) is 4.18 Å². The highest BCUT2D eigenvalue weighted by Gasteiger charge is 2.49. The van der Waals surface area contributed by atoms with Crippen LogP contribution in [0.3, 0.4) is 0 Å². The highest BCUT2D eigenvalue weighted by atomic mass is 32.2. The van der Waals surface area contributed by atoms with Crippen molar-refractivity contribution in [1.29, 1.82) is 0 Å². The van der Waals surface area contributed by atoms with Gasteiger partial charge in [0.25, 0.3) is 16.0 Å². The van der Waals surface area contributed by atoms with Gasteiger partial charge in [0.2, 0.25) is 0 Å². The number of benzene rings is 2. The Hall–Kier alpha value is -1.83. The van der Waals surface area contributed by atoms with Crippen molar-refractivity contribution in [1.82, 2.24) is 4.90 Å². The molecule has 2 aromatic carbocycles. The number of alkyl halides is 2. The number of hydrogen-bond acceptors (Lipinski definition) is 4. The van der Waals surface area contributed by atoms with E-state index in [0.717, 1.165) is 11.1 Å². The predicted molar refractivity (Wildman–Crippen MR) is 108 cm³/mol. The predicted octanol–water partition coefficient (Wildman–Crippen LogP) is 4.49. The zero-order valence-corrected chi connectivity index (χ0v) is 17.5. The topological polar surface area (TPSA) is 46.6 Å². The summed E-state index contributed by atoms with van der Waals surface area (Å²) < 4.78 is 59.1. The van der Waals surface area contributed by atoms with Gasteiger partial charge in [-0.05, 0) is 31.0 Å². The molecule has 0 amide bonds. The fraction of sp³-hybridized carbons (Fsp3) is 0.455. The second-order valence-electron chi connectivity index (χ2n) is 7.83. The maximum atomic E-state index is 14.7. The van der Waals surface area contributed by atoms with Gasteiger partial charge in [0.05, 0.1) is 11.5 Å². The first-order chi connectivity index (χ1) is 13.7. The first kappa shape index (κ1) is 21.9. The molecule has 0 N–H and O–H groups in total. The molecule has 7 heteroatoms. The summed E-state index contributed by atoms with van der Waals surface area (Å²) in [6.45, 7) is 4.25. The van der Waals surface area contributed by atoms with Gasteiger partial charge in [0, 0.05) is 31.5 Å². The maximum absolute atomic E-state index is 14.7. The van der Waals surface area contributed by atoms with Gasteiger partial charge in [-0.1, -0.05) is 55.0 Å². The quantitative estimate of drug-likeness (QED) is 0.616. The average Bonchev–Trinajstić information content (AvgIpc) is 2.67. The van der Waals surface area contributed by atoms with Crippen LogP contribution in [-0.2, 0) is 20.8 Å². The molecule has 0 radical (unpaired) electrons. The lowest BCUT2D eigenvalue weighted by Gasteiger charge is -2.42. The molecule has 4 nitrogen and oxygen atoms in total. The molecule has 2 aromatic rings. The summed E-state index contributed by atoms with van der Waals surface area (Å²) in [5.74, 6) is -4.62. The maximum Gasteiger partial charge on any atom is 0.296 e. The lowest BCUT2D eigenvalue weighted by molar-refractivity contribution is -0.150. The second kappa shape index (κ2) is 8.90. The van der Waals surface area contributed by atoms with E-state index in [9.17, 15) is 17.2 Å². The molecule has 0 bridgehead atoms. The highest BCUT2D eigenvalue weighted by Crippen LogP contribution is 2.40. The normalized spacial score (nSPS) is 22.5. The fourth-order valence-corrected chi connectivity index (χ4v) is 4.67. The number of halogens is 2. The zero-order chi connectivity index (χ0) is 21.1. The molecular formula is C22H27F2NO3S. The molecule has 2 unspecified atom stereocenters. The molecular weight excluding hydrogens is 396 g/mol. The van der Waals surface area contributed by atoms with Crippen LogP contribution in [0.5, 0.6) is 0 Å². The van der Waals surface area contributed by atoms with Gasteiger partial charge in [-0.15, -0.1) is 0 Å². The van der Waals surface area contributed by atoms with Crippen molar-refractivity contribution in [2.75, 3.05) is 19.7 Å². The van der Waals surface area contributed by atoms with E-state index in [-0.39, 0.29) is 24.5 Å². The van der Waals surface area contributed by atoms with E-state index >= 15 is 0 Å². The minimum Gasteiger partial charge on any atom is -0.298 e. The number of hydrogen-bond donors (Lipinski definition) is 0. The summed E-state index contributed by atoms with van der Waals surface area (Å²) in [6.07, 6.45) is -0.0201. The molecule has 1 saturated heterocycles. The van der Waals surface area contributed by atoms with Crippen LogP contribution in [0, 0.1) is 18.8 Å². The van der Waals surface area contributed by atoms with Crippen molar-refractivity contribution in [2.45, 2.75) is 37.6 Å². The Morgan fingerprint density at radius 2 is 1.72 bits per heavy atom. The smallest absolute Gasteiger partial charge is 0.296 e. The summed E-state index contributed by atoms with van der Waals surface area (Å²) in [4.78, 5) is 2.05. The van der Waals surface area contributed by atoms with E-state index in [1.165, 1.54) is 12.1 Å². The van der Waals surface area contributed by atoms with Gasteiger partial charge >= 0.3 is 0 Å². The largest absolute Gasteiger partial charge is 0.298 e. The molecule has 0 aliphatic carbocycles. The number of aryl methyl sites for hydroxylation is 1. The molecule has 0 spiro atoms. The van der Waals surface area contributed by atoms with E-state index in [1.54, 1.807) is 19.1 Å². The van der Waals surface area contributed by atoms with Crippen LogP contribution in [0.4, 0.5) is 8.78 Å². The van der Waals surface area contributed by atoms with Crippen LogP contribution >= 0.6 is 0 Å². The van der Waals surface area contributed by atoms with Crippen molar-refractivity contribution >= 4 is 10.1 Å². The summed E-state index contributed by atoms with van der Waals surface area (Å²) in [6, 6.07) is 16.0. The Morgan fingerprint density at radius 3 is 2.38 bits per heavy atom. The minimum atomic E-state index is -3.95. The fourth-order valence-electron chi connectivity index (χ4n) is 3.75. The van der Waals surface area contributed by atoms with Crippen molar-refractivity contribution < 1.29 is 21.4 Å². The number of rotatable bonds is 7. The monoisotopic (exact) mass is 423 g/mol. The number of likely N-dealkylation sites (tertiary alicyclic amines) is 1. The van der Waals surface area contributed by atoms with Crippen LogP contribution in [0.25, 0.3) is 0 Å². The first-order valence-electron chi connectivity index (χ1n) is 9.78. The summed E-state index contributed by atoms with van der Waals surface area (Å²) in [5, 5.41) is 0. The van der Waals surface area contributed by atoms with E-state index < -0.39 is 27.9 Å². The molecule has 29 heavy (non-hydrogen) atoms. The average molecular weight is 424 g/mol. The first-order valence-corrected chi connectivity index (χ1v) is 11.2. The number of piperidine rings is 1. The van der Waals surface area contributed by atoms with E-state index in [0.29, 0.717) is 13.1 Å². The molecule has 1 aliphatic heterocycles. The molecule has 0 saturated carbocycles. The van der Waals surface area contributed by atoms with Gasteiger partial charge in [0.15, 0.2) is 0 Å². The third-order valence-corrected chi connectivity index (χ3v) is 6.80. The molecule has 1 aliphatic rings. The van der Waals surface area contributed by atoms with Crippen LogP contribution in [-0.4, -0.2) is 38.9 Å². The van der Waals surface area contributed by atoms with E-state index in [1.807, 2.05) is 42.2 Å². The van der Waals surface area contributed by atoms with E-state index in [2.05, 4.69) is 0 Å². The summed E-state index contributed by atoms with van der Waals surface area (Å²) >= 11 is 0. The van der Waals surface area contributed by atoms with Crippen molar-refractivity contribution in [3.63, 3.8) is 0 Å². The lowest BCUT2D eigenvalue weighted by Crippen LogP contribution is -2.52. The van der Waals surface area contributed by atoms with Crippen molar-refractivity contribution in [2.24, 2.45) is 11.8 Å². The number of nitrogens with zero attached hydrogens (tertiary/aromatic N) is 1. The van der Waals surface area contributed by atoms with Gasteiger partial charge in [-0.25, -0.2) is 8.78 Å². The van der Waals surface area contributed by atoms with Gasteiger partial charge in [0.1, 0.15) is 0 Å². The summed E-state index contributed by atoms with van der Waals surface area (Å²) in [5.41, 5.74) is 2.00. The van der Waals surface area contributed by atoms with Crippen molar-refractivity contribution in [3.05, 3.63) is 65.7 Å². The second-order valence-corrected chi connectivity index (χ2v) is 9.45. The Morgan fingerprint density at radius 1 is 1.07 bits per heavy atom. The van der Waals surface area contributed by atoms with Crippen LogP contribution in [0.1, 0.15) is 24.5 Å². The van der Waals surface area contributed by atoms with Crippen LogP contribution < -0.4 is 0 Å². The SMILES string of the molecule is Cc1ccc(S(=O)(=O)OCCC2CN(Cc3ccccc3)CC(C)C2(F)F)cc1. The standard InChI is InChI=1S/C22H27F2NO3S/c1-17-8-10-21(11-9-17)29(26,27)28-13-12-20-16-25(14-18(2)22(20,23)24)15-19-6-4-3-5-7-19/h3-11,18,20H,12-16H2,1-2H3. The Kier molecular flexibility index (Phi) is 6.71. The van der Waals surface area contributed by atoms with Crippen LogP contribution in [0.2, 0.25) is 0 Å². The molecule has 2 atom stereocenters. The van der Waals surface area contributed by atoms with Crippen LogP contribution in [0.15, 0.2) is 59.5 Å². The van der Waals surface area contributed by atoms with Gasteiger partial charge < -0.3 is 0 Å². The molecule has 3 rings (SSSR count). The Labute approximate surface area is 171 Å². The third-order valence-electron chi connectivity index (χ3n) is 5.48. The molecule has 158 valence electrons. The molecule has 1 fully saturated rings. The van der Waals surface area contributed by atoms with Gasteiger partial charge in [-0.2, -0.15) is 8.42 Å². The zero-order valence-electron chi connectivity index (χ0n) is 16.7. The lowest BCUT2D eigenvalue weighted by atomic mass is 9.84.